The smallest absolute Gasteiger partial charge is 0.342 e. The van der Waals surface area contributed by atoms with Crippen molar-refractivity contribution in [2.24, 2.45) is 0 Å². The van der Waals surface area contributed by atoms with Crippen LogP contribution in [0.3, 0.4) is 0 Å². The fraction of sp³-hybridized carbons (Fsp3) is 0.167. The van der Waals surface area contributed by atoms with Crippen LogP contribution in [0, 0.1) is 0 Å². The highest BCUT2D eigenvalue weighted by molar-refractivity contribution is 5.90. The van der Waals surface area contributed by atoms with E-state index in [2.05, 4.69) is 12.3 Å². The first-order valence-electron chi connectivity index (χ1n) is 4.46. The monoisotopic (exact) mass is 186 g/mol. The van der Waals surface area contributed by atoms with Crippen LogP contribution in [0.4, 0.5) is 0 Å². The Morgan fingerprint density at radius 2 is 2.07 bits per heavy atom. The molecule has 0 bridgehead atoms. The molecule has 0 aromatic heterocycles. The molecule has 1 saturated heterocycles. The molecule has 0 radical (unpaired) electrons. The standard InChI is InChI=1S/C12H10O2/c1-2-9-8-11(14-12(9)13)10-6-4-3-5-7-10/h3-7,11H,1,8H2. The third-order valence-electron chi connectivity index (χ3n) is 2.27. The van der Waals surface area contributed by atoms with Crippen molar-refractivity contribution in [3.8, 4) is 0 Å². The minimum atomic E-state index is -0.297. The molecular weight excluding hydrogens is 176 g/mol. The van der Waals surface area contributed by atoms with Crippen LogP contribution < -0.4 is 0 Å². The highest BCUT2D eigenvalue weighted by Gasteiger charge is 2.29. The molecule has 1 aliphatic heterocycles. The largest absolute Gasteiger partial charge is 0.453 e. The van der Waals surface area contributed by atoms with Crippen LogP contribution in [0.1, 0.15) is 18.1 Å². The molecule has 0 saturated carbocycles. The summed E-state index contributed by atoms with van der Waals surface area (Å²) in [7, 11) is 0. The molecule has 2 nitrogen and oxygen atoms in total. The van der Waals surface area contributed by atoms with Gasteiger partial charge in [0.1, 0.15) is 6.10 Å². The molecule has 1 fully saturated rings. The number of carbonyl (C=O) groups is 1. The van der Waals surface area contributed by atoms with E-state index < -0.39 is 0 Å². The van der Waals surface area contributed by atoms with Gasteiger partial charge in [-0.15, -0.1) is 5.73 Å². The Kier molecular flexibility index (Phi) is 2.21. The fourth-order valence-corrected chi connectivity index (χ4v) is 1.51. The number of esters is 1. The van der Waals surface area contributed by atoms with E-state index in [1.165, 1.54) is 0 Å². The lowest BCUT2D eigenvalue weighted by atomic mass is 10.1. The minimum absolute atomic E-state index is 0.159. The van der Waals surface area contributed by atoms with Gasteiger partial charge in [-0.05, 0) is 5.56 Å². The molecule has 0 N–H and O–H groups in total. The molecule has 0 amide bonds. The summed E-state index contributed by atoms with van der Waals surface area (Å²) in [6.45, 7) is 3.46. The van der Waals surface area contributed by atoms with Gasteiger partial charge in [-0.2, -0.15) is 0 Å². The first kappa shape index (κ1) is 8.79. The van der Waals surface area contributed by atoms with Crippen molar-refractivity contribution < 1.29 is 9.53 Å². The van der Waals surface area contributed by atoms with Gasteiger partial charge in [0.25, 0.3) is 0 Å². The molecule has 1 aliphatic rings. The van der Waals surface area contributed by atoms with Gasteiger partial charge >= 0.3 is 5.97 Å². The summed E-state index contributed by atoms with van der Waals surface area (Å²) < 4.78 is 5.17. The quantitative estimate of drug-likeness (QED) is 0.382. The van der Waals surface area contributed by atoms with Gasteiger partial charge in [-0.3, -0.25) is 0 Å². The molecule has 2 heteroatoms. The first-order chi connectivity index (χ1) is 6.81. The summed E-state index contributed by atoms with van der Waals surface area (Å²) in [5, 5.41) is 0. The van der Waals surface area contributed by atoms with Crippen molar-refractivity contribution in [1.29, 1.82) is 0 Å². The van der Waals surface area contributed by atoms with Crippen molar-refractivity contribution in [2.75, 3.05) is 0 Å². The zero-order valence-electron chi connectivity index (χ0n) is 7.69. The average Bonchev–Trinajstić information content (AvgIpc) is 2.61. The molecular formula is C12H10O2. The van der Waals surface area contributed by atoms with Crippen LogP contribution in [-0.4, -0.2) is 5.97 Å². The van der Waals surface area contributed by atoms with Gasteiger partial charge in [0.15, 0.2) is 0 Å². The fourth-order valence-electron chi connectivity index (χ4n) is 1.51. The van der Waals surface area contributed by atoms with Crippen LogP contribution in [0.25, 0.3) is 0 Å². The van der Waals surface area contributed by atoms with Gasteiger partial charge in [0.2, 0.25) is 0 Å². The Balaban J connectivity index is 2.25. The lowest BCUT2D eigenvalue weighted by Gasteiger charge is -2.07. The molecule has 0 aliphatic carbocycles. The van der Waals surface area contributed by atoms with Crippen LogP contribution >= 0.6 is 0 Å². The Bertz CT molecular complexity index is 400. The van der Waals surface area contributed by atoms with E-state index in [1.54, 1.807) is 0 Å². The summed E-state index contributed by atoms with van der Waals surface area (Å²) in [6.07, 6.45) is 0.416. The molecule has 0 spiro atoms. The average molecular weight is 186 g/mol. The SMILES string of the molecule is C=C=C1CC(c2ccccc2)OC1=O. The summed E-state index contributed by atoms with van der Waals surface area (Å²) in [5.41, 5.74) is 4.17. The van der Waals surface area contributed by atoms with E-state index in [0.29, 0.717) is 12.0 Å². The van der Waals surface area contributed by atoms with Gasteiger partial charge in [0, 0.05) is 6.42 Å². The lowest BCUT2D eigenvalue weighted by Crippen LogP contribution is -1.98. The lowest BCUT2D eigenvalue weighted by molar-refractivity contribution is -0.139. The molecule has 1 atom stereocenters. The third-order valence-corrected chi connectivity index (χ3v) is 2.27. The van der Waals surface area contributed by atoms with Gasteiger partial charge in [0.05, 0.1) is 5.57 Å². The van der Waals surface area contributed by atoms with E-state index in [-0.39, 0.29) is 12.1 Å². The maximum absolute atomic E-state index is 11.2. The summed E-state index contributed by atoms with van der Waals surface area (Å²) in [4.78, 5) is 11.2. The molecule has 70 valence electrons. The number of benzene rings is 1. The first-order valence-corrected chi connectivity index (χ1v) is 4.46. The van der Waals surface area contributed by atoms with Gasteiger partial charge < -0.3 is 4.74 Å². The second kappa shape index (κ2) is 3.52. The zero-order valence-corrected chi connectivity index (χ0v) is 7.69. The molecule has 1 aromatic carbocycles. The third kappa shape index (κ3) is 1.48. The predicted molar refractivity (Wildman–Crippen MR) is 52.5 cm³/mol. The maximum Gasteiger partial charge on any atom is 0.342 e. The van der Waals surface area contributed by atoms with Crippen molar-refractivity contribution in [2.45, 2.75) is 12.5 Å². The highest BCUT2D eigenvalue weighted by atomic mass is 16.5. The number of cyclic esters (lactones) is 1. The minimum Gasteiger partial charge on any atom is -0.453 e. The van der Waals surface area contributed by atoms with Crippen molar-refractivity contribution >= 4 is 5.97 Å². The summed E-state index contributed by atoms with van der Waals surface area (Å²) >= 11 is 0. The van der Waals surface area contributed by atoms with Crippen LogP contribution in [0.15, 0.2) is 48.2 Å². The molecule has 1 heterocycles. The highest BCUT2D eigenvalue weighted by Crippen LogP contribution is 2.31. The van der Waals surface area contributed by atoms with E-state index in [9.17, 15) is 4.79 Å². The molecule has 2 rings (SSSR count). The van der Waals surface area contributed by atoms with Crippen molar-refractivity contribution in [3.05, 3.63) is 53.8 Å². The normalized spacial score (nSPS) is 20.4. The van der Waals surface area contributed by atoms with Crippen LogP contribution in [0.5, 0.6) is 0 Å². The molecule has 1 unspecified atom stereocenters. The van der Waals surface area contributed by atoms with Crippen LogP contribution in [-0.2, 0) is 9.53 Å². The topological polar surface area (TPSA) is 26.3 Å². The van der Waals surface area contributed by atoms with Gasteiger partial charge in [-0.25, -0.2) is 4.79 Å². The number of carbonyl (C=O) groups excluding carboxylic acids is 1. The van der Waals surface area contributed by atoms with Gasteiger partial charge in [-0.1, -0.05) is 36.9 Å². The van der Waals surface area contributed by atoms with E-state index >= 15 is 0 Å². The van der Waals surface area contributed by atoms with E-state index in [0.717, 1.165) is 5.56 Å². The maximum atomic E-state index is 11.2. The Morgan fingerprint density at radius 1 is 1.36 bits per heavy atom. The number of ether oxygens (including phenoxy) is 1. The predicted octanol–water partition coefficient (Wildman–Crippen LogP) is 2.39. The summed E-state index contributed by atoms with van der Waals surface area (Å²) in [6, 6.07) is 9.69. The zero-order chi connectivity index (χ0) is 9.97. The Labute approximate surface area is 82.5 Å². The number of hydrogen-bond acceptors (Lipinski definition) is 2. The van der Waals surface area contributed by atoms with Crippen molar-refractivity contribution in [1.82, 2.24) is 0 Å². The Hall–Kier alpha value is -1.79. The molecule has 14 heavy (non-hydrogen) atoms. The second-order valence-electron chi connectivity index (χ2n) is 3.16. The van der Waals surface area contributed by atoms with E-state index in [4.69, 9.17) is 4.74 Å². The summed E-state index contributed by atoms with van der Waals surface area (Å²) in [5.74, 6) is -0.297. The van der Waals surface area contributed by atoms with Crippen molar-refractivity contribution in [3.63, 3.8) is 0 Å². The molecule has 1 aromatic rings. The Morgan fingerprint density at radius 3 is 2.64 bits per heavy atom. The number of hydrogen-bond donors (Lipinski definition) is 0. The number of rotatable bonds is 1. The van der Waals surface area contributed by atoms with Crippen LogP contribution in [0.2, 0.25) is 0 Å². The van der Waals surface area contributed by atoms with E-state index in [1.807, 2.05) is 30.3 Å². The second-order valence-corrected chi connectivity index (χ2v) is 3.16.